The van der Waals surface area contributed by atoms with Gasteiger partial charge in [0.25, 0.3) is 5.91 Å². The van der Waals surface area contributed by atoms with Gasteiger partial charge in [-0.15, -0.1) is 0 Å². The number of benzene rings is 2. The van der Waals surface area contributed by atoms with Gasteiger partial charge in [0.15, 0.2) is 0 Å². The Morgan fingerprint density at radius 1 is 1.22 bits per heavy atom. The van der Waals surface area contributed by atoms with E-state index in [2.05, 4.69) is 5.32 Å². The van der Waals surface area contributed by atoms with Crippen LogP contribution in [-0.4, -0.2) is 22.9 Å². The summed E-state index contributed by atoms with van der Waals surface area (Å²) in [6.45, 7) is 3.64. The summed E-state index contributed by atoms with van der Waals surface area (Å²) in [5.41, 5.74) is 0.998. The second-order valence-corrected chi connectivity index (χ2v) is 6.73. The molecule has 0 spiro atoms. The standard InChI is InChI=1S/C20H18ClFN2O3/c1-12(2)27-18-8-7-13(9-15(18)21)10-17-19(25)24(20(26)23-17)11-14-5-3-4-6-16(14)22/h3-10,12H,11H2,1-2H3,(H,23,26). The molecule has 0 aliphatic carbocycles. The zero-order valence-electron chi connectivity index (χ0n) is 14.8. The van der Waals surface area contributed by atoms with E-state index in [4.69, 9.17) is 16.3 Å². The summed E-state index contributed by atoms with van der Waals surface area (Å²) < 4.78 is 19.4. The molecule has 0 aromatic heterocycles. The molecule has 0 unspecified atom stereocenters. The fraction of sp³-hybridized carbons (Fsp3) is 0.200. The van der Waals surface area contributed by atoms with Gasteiger partial charge in [0.2, 0.25) is 0 Å². The van der Waals surface area contributed by atoms with Crippen molar-refractivity contribution in [2.45, 2.75) is 26.5 Å². The molecule has 7 heteroatoms. The van der Waals surface area contributed by atoms with Crippen LogP contribution in [0.2, 0.25) is 5.02 Å². The monoisotopic (exact) mass is 388 g/mol. The minimum atomic E-state index is -0.597. The Morgan fingerprint density at radius 2 is 1.96 bits per heavy atom. The Labute approximate surface area is 161 Å². The van der Waals surface area contributed by atoms with Crippen molar-refractivity contribution in [2.24, 2.45) is 0 Å². The van der Waals surface area contributed by atoms with Crippen molar-refractivity contribution in [3.05, 3.63) is 70.1 Å². The minimum Gasteiger partial charge on any atom is -0.489 e. The highest BCUT2D eigenvalue weighted by Gasteiger charge is 2.33. The summed E-state index contributed by atoms with van der Waals surface area (Å²) in [5.74, 6) is -0.457. The number of imide groups is 1. The number of carbonyl (C=O) groups is 2. The van der Waals surface area contributed by atoms with E-state index in [-0.39, 0.29) is 23.9 Å². The van der Waals surface area contributed by atoms with Gasteiger partial charge in [-0.05, 0) is 43.7 Å². The number of amides is 3. The zero-order valence-corrected chi connectivity index (χ0v) is 15.6. The van der Waals surface area contributed by atoms with Crippen LogP contribution < -0.4 is 10.1 Å². The summed E-state index contributed by atoms with van der Waals surface area (Å²) >= 11 is 6.20. The van der Waals surface area contributed by atoms with Crippen molar-refractivity contribution in [3.8, 4) is 5.75 Å². The molecule has 140 valence electrons. The molecular weight excluding hydrogens is 371 g/mol. The lowest BCUT2D eigenvalue weighted by Gasteiger charge is -2.12. The number of rotatable bonds is 5. The topological polar surface area (TPSA) is 58.6 Å². The Balaban J connectivity index is 1.80. The third-order valence-corrected chi connectivity index (χ3v) is 4.17. The molecule has 0 radical (unpaired) electrons. The lowest BCUT2D eigenvalue weighted by Crippen LogP contribution is -2.30. The second-order valence-electron chi connectivity index (χ2n) is 6.33. The maximum absolute atomic E-state index is 13.8. The number of nitrogens with zero attached hydrogens (tertiary/aromatic N) is 1. The molecule has 0 bridgehead atoms. The fourth-order valence-corrected chi connectivity index (χ4v) is 2.87. The summed E-state index contributed by atoms with van der Waals surface area (Å²) in [7, 11) is 0. The lowest BCUT2D eigenvalue weighted by molar-refractivity contribution is -0.123. The number of nitrogens with one attached hydrogen (secondary N) is 1. The maximum Gasteiger partial charge on any atom is 0.329 e. The Kier molecular flexibility index (Phi) is 5.46. The normalized spacial score (nSPS) is 15.6. The Hall–Kier alpha value is -2.86. The first-order chi connectivity index (χ1) is 12.8. The van der Waals surface area contributed by atoms with Gasteiger partial charge in [0, 0.05) is 5.56 Å². The van der Waals surface area contributed by atoms with Crippen LogP contribution in [0.5, 0.6) is 5.75 Å². The molecule has 2 aromatic rings. The first-order valence-electron chi connectivity index (χ1n) is 8.39. The predicted molar refractivity (Wildman–Crippen MR) is 101 cm³/mol. The molecular formula is C20H18ClFN2O3. The van der Waals surface area contributed by atoms with Crippen LogP contribution >= 0.6 is 11.6 Å². The third kappa shape index (κ3) is 4.28. The predicted octanol–water partition coefficient (Wildman–Crippen LogP) is 4.36. The highest BCUT2D eigenvalue weighted by molar-refractivity contribution is 6.32. The van der Waals surface area contributed by atoms with E-state index in [1.807, 2.05) is 13.8 Å². The number of carbonyl (C=O) groups excluding carboxylic acids is 2. The molecule has 3 amide bonds. The van der Waals surface area contributed by atoms with Crippen molar-refractivity contribution in [3.63, 3.8) is 0 Å². The number of hydrogen-bond donors (Lipinski definition) is 1. The molecule has 1 heterocycles. The Bertz CT molecular complexity index is 927. The lowest BCUT2D eigenvalue weighted by atomic mass is 10.1. The van der Waals surface area contributed by atoms with Gasteiger partial charge >= 0.3 is 6.03 Å². The van der Waals surface area contributed by atoms with E-state index in [0.29, 0.717) is 16.3 Å². The first-order valence-corrected chi connectivity index (χ1v) is 8.77. The third-order valence-electron chi connectivity index (χ3n) is 3.88. The number of urea groups is 1. The summed E-state index contributed by atoms with van der Waals surface area (Å²) in [4.78, 5) is 25.6. The van der Waals surface area contributed by atoms with E-state index < -0.39 is 17.8 Å². The highest BCUT2D eigenvalue weighted by atomic mass is 35.5. The smallest absolute Gasteiger partial charge is 0.329 e. The Morgan fingerprint density at radius 3 is 2.63 bits per heavy atom. The molecule has 2 aromatic carbocycles. The molecule has 1 aliphatic rings. The molecule has 0 saturated carbocycles. The molecule has 1 saturated heterocycles. The van der Waals surface area contributed by atoms with Crippen LogP contribution in [0.25, 0.3) is 6.08 Å². The summed E-state index contributed by atoms with van der Waals surface area (Å²) in [6.07, 6.45) is 1.50. The van der Waals surface area contributed by atoms with E-state index in [0.717, 1.165) is 4.90 Å². The number of ether oxygens (including phenoxy) is 1. The quantitative estimate of drug-likeness (QED) is 0.611. The van der Waals surface area contributed by atoms with Gasteiger partial charge in [-0.1, -0.05) is 35.9 Å². The van der Waals surface area contributed by atoms with Crippen LogP contribution in [0.4, 0.5) is 9.18 Å². The van der Waals surface area contributed by atoms with Crippen molar-refractivity contribution >= 4 is 29.6 Å². The van der Waals surface area contributed by atoms with Gasteiger partial charge in [-0.3, -0.25) is 9.69 Å². The fourth-order valence-electron chi connectivity index (χ4n) is 2.64. The van der Waals surface area contributed by atoms with Crippen LogP contribution in [0.1, 0.15) is 25.0 Å². The molecule has 1 aliphatic heterocycles. The summed E-state index contributed by atoms with van der Waals surface area (Å²) in [6, 6.07) is 10.5. The second kappa shape index (κ2) is 7.80. The number of hydrogen-bond acceptors (Lipinski definition) is 3. The van der Waals surface area contributed by atoms with Crippen molar-refractivity contribution in [1.82, 2.24) is 10.2 Å². The SMILES string of the molecule is CC(C)Oc1ccc(C=C2NC(=O)N(Cc3ccccc3F)C2=O)cc1Cl. The zero-order chi connectivity index (χ0) is 19.6. The van der Waals surface area contributed by atoms with E-state index >= 15 is 0 Å². The summed E-state index contributed by atoms with van der Waals surface area (Å²) in [5, 5.41) is 2.91. The van der Waals surface area contributed by atoms with E-state index in [1.165, 1.54) is 18.2 Å². The van der Waals surface area contributed by atoms with Crippen molar-refractivity contribution in [1.29, 1.82) is 0 Å². The van der Waals surface area contributed by atoms with Gasteiger partial charge in [0.05, 0.1) is 17.7 Å². The van der Waals surface area contributed by atoms with Gasteiger partial charge in [0.1, 0.15) is 17.3 Å². The van der Waals surface area contributed by atoms with Gasteiger partial charge in [-0.25, -0.2) is 9.18 Å². The minimum absolute atomic E-state index is 0.0191. The highest BCUT2D eigenvalue weighted by Crippen LogP contribution is 2.28. The van der Waals surface area contributed by atoms with Crippen LogP contribution in [-0.2, 0) is 11.3 Å². The molecule has 5 nitrogen and oxygen atoms in total. The van der Waals surface area contributed by atoms with Crippen LogP contribution in [0.3, 0.4) is 0 Å². The van der Waals surface area contributed by atoms with Crippen molar-refractivity contribution in [2.75, 3.05) is 0 Å². The average Bonchev–Trinajstić information content (AvgIpc) is 2.86. The van der Waals surface area contributed by atoms with Crippen LogP contribution in [0, 0.1) is 5.82 Å². The van der Waals surface area contributed by atoms with Gasteiger partial charge < -0.3 is 10.1 Å². The van der Waals surface area contributed by atoms with Gasteiger partial charge in [-0.2, -0.15) is 0 Å². The average molecular weight is 389 g/mol. The molecule has 27 heavy (non-hydrogen) atoms. The first kappa shape index (κ1) is 18.9. The van der Waals surface area contributed by atoms with Crippen molar-refractivity contribution < 1.29 is 18.7 Å². The largest absolute Gasteiger partial charge is 0.489 e. The molecule has 3 rings (SSSR count). The maximum atomic E-state index is 13.8. The molecule has 0 atom stereocenters. The van der Waals surface area contributed by atoms with Crippen LogP contribution in [0.15, 0.2) is 48.2 Å². The molecule has 1 fully saturated rings. The molecule has 1 N–H and O–H groups in total. The van der Waals surface area contributed by atoms with E-state index in [9.17, 15) is 14.0 Å². The van der Waals surface area contributed by atoms with E-state index in [1.54, 1.807) is 30.3 Å². The number of halogens is 2.